The van der Waals surface area contributed by atoms with Gasteiger partial charge in [0.25, 0.3) is 0 Å². The van der Waals surface area contributed by atoms with Crippen LogP contribution in [0.3, 0.4) is 0 Å². The lowest BCUT2D eigenvalue weighted by molar-refractivity contribution is 0.376. The van der Waals surface area contributed by atoms with E-state index in [2.05, 4.69) is 22.3 Å². The van der Waals surface area contributed by atoms with Crippen molar-refractivity contribution in [2.24, 2.45) is 16.1 Å². The minimum atomic E-state index is -0.245. The second kappa shape index (κ2) is 7.53. The van der Waals surface area contributed by atoms with Gasteiger partial charge in [0.2, 0.25) is 0 Å². The van der Waals surface area contributed by atoms with Crippen LogP contribution in [0.15, 0.2) is 23.2 Å². The number of aryl methyl sites for hydroxylation is 2. The lowest BCUT2D eigenvalue weighted by Crippen LogP contribution is -2.30. The number of hydrogen-bond donors (Lipinski definition) is 2. The van der Waals surface area contributed by atoms with E-state index in [0.29, 0.717) is 5.96 Å². The second-order valence-corrected chi connectivity index (χ2v) is 5.95. The van der Waals surface area contributed by atoms with E-state index in [1.54, 1.807) is 0 Å². The summed E-state index contributed by atoms with van der Waals surface area (Å²) >= 11 is 0. The van der Waals surface area contributed by atoms with Gasteiger partial charge in [-0.3, -0.25) is 0 Å². The molecule has 1 aromatic carbocycles. The zero-order valence-corrected chi connectivity index (χ0v) is 15.1. The molecule has 0 radical (unpaired) electrons. The average molecular weight is 385 g/mol. The zero-order chi connectivity index (χ0) is 14.6. The number of halogens is 1. The Morgan fingerprint density at radius 2 is 1.75 bits per heavy atom. The summed E-state index contributed by atoms with van der Waals surface area (Å²) in [6.45, 7) is 10.2. The van der Waals surface area contributed by atoms with E-state index in [1.807, 2.05) is 46.8 Å². The molecule has 0 aliphatic rings. The summed E-state index contributed by atoms with van der Waals surface area (Å²) in [5.41, 5.74) is 9.11. The SMILES string of the molecule is C#CC(N=C(N)Nc1cc(C)cc(C)c1)C(C)(C)C.I. The Balaban J connectivity index is 0.00000361. The fraction of sp³-hybridized carbons (Fsp3) is 0.438. The molecule has 0 aliphatic heterocycles. The molecule has 3 N–H and O–H groups in total. The van der Waals surface area contributed by atoms with Gasteiger partial charge in [-0.1, -0.05) is 32.8 Å². The minimum absolute atomic E-state index is 0. The number of anilines is 1. The normalized spacial score (nSPS) is 13.1. The highest BCUT2D eigenvalue weighted by Gasteiger charge is 2.22. The molecule has 0 amide bonds. The van der Waals surface area contributed by atoms with Gasteiger partial charge in [0, 0.05) is 5.69 Å². The van der Waals surface area contributed by atoms with Crippen LogP contribution in [0.2, 0.25) is 0 Å². The molecule has 0 aromatic heterocycles. The Labute approximate surface area is 139 Å². The molecule has 0 spiro atoms. The lowest BCUT2D eigenvalue weighted by atomic mass is 9.88. The van der Waals surface area contributed by atoms with Crippen molar-refractivity contribution < 1.29 is 0 Å². The third-order valence-electron chi connectivity index (χ3n) is 2.74. The molecule has 110 valence electrons. The fourth-order valence-corrected chi connectivity index (χ4v) is 1.85. The largest absolute Gasteiger partial charge is 0.370 e. The molecule has 4 heteroatoms. The molecule has 0 heterocycles. The van der Waals surface area contributed by atoms with Crippen molar-refractivity contribution in [3.63, 3.8) is 0 Å². The maximum atomic E-state index is 5.92. The zero-order valence-electron chi connectivity index (χ0n) is 12.8. The molecule has 1 rings (SSSR count). The van der Waals surface area contributed by atoms with Crippen molar-refractivity contribution >= 4 is 35.6 Å². The van der Waals surface area contributed by atoms with E-state index in [1.165, 1.54) is 11.1 Å². The van der Waals surface area contributed by atoms with Crippen LogP contribution < -0.4 is 11.1 Å². The molecule has 3 nitrogen and oxygen atoms in total. The number of benzene rings is 1. The van der Waals surface area contributed by atoms with Gasteiger partial charge in [-0.25, -0.2) is 4.99 Å². The number of terminal acetylenes is 1. The van der Waals surface area contributed by atoms with E-state index in [9.17, 15) is 0 Å². The first-order valence-corrected chi connectivity index (χ1v) is 6.37. The lowest BCUT2D eigenvalue weighted by Gasteiger charge is -2.23. The molecular weight excluding hydrogens is 361 g/mol. The van der Waals surface area contributed by atoms with Gasteiger partial charge in [0.05, 0.1) is 0 Å². The highest BCUT2D eigenvalue weighted by Crippen LogP contribution is 2.21. The van der Waals surface area contributed by atoms with E-state index in [0.717, 1.165) is 5.69 Å². The van der Waals surface area contributed by atoms with Crippen molar-refractivity contribution in [2.75, 3.05) is 5.32 Å². The second-order valence-electron chi connectivity index (χ2n) is 5.95. The van der Waals surface area contributed by atoms with E-state index in [-0.39, 0.29) is 35.4 Å². The Morgan fingerprint density at radius 1 is 1.25 bits per heavy atom. The number of aliphatic imine (C=N–C) groups is 1. The first-order chi connectivity index (χ1) is 8.72. The standard InChI is InChI=1S/C16H23N3.HI/c1-7-14(16(4,5)6)19-15(17)18-13-9-11(2)8-12(3)10-13;/h1,8-10,14H,2-6H3,(H3,17,18,19);1H. The molecule has 1 aromatic rings. The Morgan fingerprint density at radius 3 is 2.15 bits per heavy atom. The maximum Gasteiger partial charge on any atom is 0.194 e. The third kappa shape index (κ3) is 5.83. The van der Waals surface area contributed by atoms with Gasteiger partial charge in [0.1, 0.15) is 6.04 Å². The van der Waals surface area contributed by atoms with Gasteiger partial charge >= 0.3 is 0 Å². The summed E-state index contributed by atoms with van der Waals surface area (Å²) in [6.07, 6.45) is 5.51. The first kappa shape index (κ1) is 18.8. The van der Waals surface area contributed by atoms with Crippen molar-refractivity contribution in [1.82, 2.24) is 0 Å². The molecule has 20 heavy (non-hydrogen) atoms. The molecule has 0 aliphatic carbocycles. The van der Waals surface area contributed by atoms with Crippen LogP contribution in [-0.4, -0.2) is 12.0 Å². The van der Waals surface area contributed by atoms with Crippen molar-refractivity contribution in [2.45, 2.75) is 40.7 Å². The van der Waals surface area contributed by atoms with Gasteiger partial charge in [-0.05, 0) is 42.5 Å². The maximum absolute atomic E-state index is 5.92. The summed E-state index contributed by atoms with van der Waals surface area (Å²) < 4.78 is 0. The predicted octanol–water partition coefficient (Wildman–Crippen LogP) is 3.70. The minimum Gasteiger partial charge on any atom is -0.370 e. The van der Waals surface area contributed by atoms with Crippen molar-refractivity contribution in [3.8, 4) is 12.3 Å². The summed E-state index contributed by atoms with van der Waals surface area (Å²) in [5.74, 6) is 3.02. The number of nitrogens with one attached hydrogen (secondary N) is 1. The molecule has 0 bridgehead atoms. The van der Waals surface area contributed by atoms with Crippen LogP contribution in [-0.2, 0) is 0 Å². The molecule has 1 atom stereocenters. The monoisotopic (exact) mass is 385 g/mol. The van der Waals surface area contributed by atoms with Crippen molar-refractivity contribution in [3.05, 3.63) is 29.3 Å². The number of nitrogens with two attached hydrogens (primary N) is 1. The van der Waals surface area contributed by atoms with Gasteiger partial charge in [-0.15, -0.1) is 30.4 Å². The number of rotatable bonds is 2. The molecule has 0 saturated heterocycles. The third-order valence-corrected chi connectivity index (χ3v) is 2.74. The van der Waals surface area contributed by atoms with E-state index < -0.39 is 0 Å². The first-order valence-electron chi connectivity index (χ1n) is 6.37. The Kier molecular flexibility index (Phi) is 7.07. The van der Waals surface area contributed by atoms with Gasteiger partial charge in [-0.2, -0.15) is 0 Å². The fourth-order valence-electron chi connectivity index (χ4n) is 1.85. The summed E-state index contributed by atoms with van der Waals surface area (Å²) in [4.78, 5) is 4.37. The van der Waals surface area contributed by atoms with Crippen LogP contribution in [0.4, 0.5) is 5.69 Å². The Bertz CT molecular complexity index is 501. The van der Waals surface area contributed by atoms with Gasteiger partial charge in [0.15, 0.2) is 5.96 Å². The predicted molar refractivity (Wildman–Crippen MR) is 98.7 cm³/mol. The highest BCUT2D eigenvalue weighted by molar-refractivity contribution is 14.0. The number of nitrogens with zero attached hydrogens (tertiary/aromatic N) is 1. The van der Waals surface area contributed by atoms with Crippen LogP contribution in [0.1, 0.15) is 31.9 Å². The topological polar surface area (TPSA) is 50.4 Å². The molecule has 0 saturated carbocycles. The summed E-state index contributed by atoms with van der Waals surface area (Å²) in [7, 11) is 0. The smallest absolute Gasteiger partial charge is 0.194 e. The van der Waals surface area contributed by atoms with Gasteiger partial charge < -0.3 is 11.1 Å². The van der Waals surface area contributed by atoms with E-state index >= 15 is 0 Å². The highest BCUT2D eigenvalue weighted by atomic mass is 127. The average Bonchev–Trinajstić information content (AvgIpc) is 2.22. The molecule has 0 fully saturated rings. The number of guanidine groups is 1. The summed E-state index contributed by atoms with van der Waals surface area (Å²) in [5, 5.41) is 3.09. The summed E-state index contributed by atoms with van der Waals surface area (Å²) in [6, 6.07) is 5.91. The van der Waals surface area contributed by atoms with E-state index in [4.69, 9.17) is 12.2 Å². The molecular formula is C16H24IN3. The van der Waals surface area contributed by atoms with Crippen LogP contribution in [0.25, 0.3) is 0 Å². The molecule has 1 unspecified atom stereocenters. The quantitative estimate of drug-likeness (QED) is 0.353. The van der Waals surface area contributed by atoms with Crippen LogP contribution >= 0.6 is 24.0 Å². The van der Waals surface area contributed by atoms with Crippen LogP contribution in [0, 0.1) is 31.6 Å². The van der Waals surface area contributed by atoms with Crippen molar-refractivity contribution in [1.29, 1.82) is 0 Å². The number of hydrogen-bond acceptors (Lipinski definition) is 1. The Hall–Kier alpha value is -1.22. The van der Waals surface area contributed by atoms with Crippen LogP contribution in [0.5, 0.6) is 0 Å².